The molecule has 0 bridgehead atoms. The molecule has 0 spiro atoms. The van der Waals surface area contributed by atoms with Crippen LogP contribution in [0.25, 0.3) is 0 Å². The Morgan fingerprint density at radius 3 is 2.45 bits per heavy atom. The van der Waals surface area contributed by atoms with Crippen molar-refractivity contribution in [2.24, 2.45) is 0 Å². The van der Waals surface area contributed by atoms with Gasteiger partial charge >= 0.3 is 5.97 Å². The summed E-state index contributed by atoms with van der Waals surface area (Å²) < 4.78 is 18.5. The third-order valence-corrected chi connectivity index (χ3v) is 5.69. The minimum Gasteiger partial charge on any atom is -0.445 e. The Morgan fingerprint density at radius 2 is 1.74 bits per heavy atom. The van der Waals surface area contributed by atoms with E-state index in [1.165, 1.54) is 24.3 Å². The molecule has 2 amide bonds. The van der Waals surface area contributed by atoms with Gasteiger partial charge in [0.05, 0.1) is 12.1 Å². The van der Waals surface area contributed by atoms with Crippen molar-refractivity contribution in [3.05, 3.63) is 65.5 Å². The van der Waals surface area contributed by atoms with Crippen LogP contribution < -0.4 is 5.32 Å². The summed E-state index contributed by atoms with van der Waals surface area (Å²) in [6, 6.07) is 12.8. The van der Waals surface area contributed by atoms with E-state index in [-0.39, 0.29) is 24.2 Å². The molecule has 1 atom stereocenters. The molecule has 1 unspecified atom stereocenters. The quantitative estimate of drug-likeness (QED) is 0.759. The van der Waals surface area contributed by atoms with Gasteiger partial charge in [-0.15, -0.1) is 0 Å². The van der Waals surface area contributed by atoms with E-state index in [4.69, 9.17) is 4.74 Å². The highest BCUT2D eigenvalue weighted by Gasteiger charge is 2.45. The third kappa shape index (κ3) is 4.59. The molecule has 7 nitrogen and oxygen atoms in total. The average Bonchev–Trinajstić information content (AvgIpc) is 2.75. The summed E-state index contributed by atoms with van der Waals surface area (Å²) in [6.45, 7) is 3.78. The van der Waals surface area contributed by atoms with Gasteiger partial charge in [-0.1, -0.05) is 18.2 Å². The first-order valence-corrected chi connectivity index (χ1v) is 10.2. The van der Waals surface area contributed by atoms with Crippen LogP contribution in [-0.4, -0.2) is 65.9 Å². The van der Waals surface area contributed by atoms with Gasteiger partial charge in [-0.05, 0) is 42.8 Å². The van der Waals surface area contributed by atoms with Crippen LogP contribution in [0.3, 0.4) is 0 Å². The van der Waals surface area contributed by atoms with Gasteiger partial charge in [0.15, 0.2) is 5.60 Å². The van der Waals surface area contributed by atoms with Crippen LogP contribution in [0.1, 0.15) is 22.8 Å². The number of anilines is 1. The first-order chi connectivity index (χ1) is 14.8. The zero-order valence-electron chi connectivity index (χ0n) is 17.3. The molecule has 2 heterocycles. The van der Waals surface area contributed by atoms with Gasteiger partial charge in [0, 0.05) is 38.3 Å². The largest absolute Gasteiger partial charge is 0.445 e. The predicted octanol–water partition coefficient (Wildman–Crippen LogP) is 2.08. The standard InChI is InChI=1S/C23H24FN3O4/c1-23(14-16-4-2-3-5-19(16)21(29)31-23)22(30)27-12-10-26(11-13-27)15-20(28)25-18-8-6-17(24)7-9-18/h2-9H,10-15H2,1H3,(H,25,28). The van der Waals surface area contributed by atoms with Gasteiger partial charge in [0.2, 0.25) is 5.91 Å². The molecule has 0 saturated carbocycles. The lowest BCUT2D eigenvalue weighted by molar-refractivity contribution is -0.153. The second-order valence-corrected chi connectivity index (χ2v) is 8.08. The minimum atomic E-state index is -1.23. The Hall–Kier alpha value is -3.26. The van der Waals surface area contributed by atoms with Crippen molar-refractivity contribution < 1.29 is 23.5 Å². The second-order valence-electron chi connectivity index (χ2n) is 8.08. The number of halogens is 1. The van der Waals surface area contributed by atoms with E-state index in [0.29, 0.717) is 43.9 Å². The van der Waals surface area contributed by atoms with Gasteiger partial charge < -0.3 is 15.0 Å². The van der Waals surface area contributed by atoms with Crippen molar-refractivity contribution in [1.82, 2.24) is 9.80 Å². The van der Waals surface area contributed by atoms with E-state index in [9.17, 15) is 18.8 Å². The molecule has 31 heavy (non-hydrogen) atoms. The SMILES string of the molecule is CC1(C(=O)N2CCN(CC(=O)Nc3ccc(F)cc3)CC2)Cc2ccccc2C(=O)O1. The van der Waals surface area contributed by atoms with Crippen LogP contribution in [0.2, 0.25) is 0 Å². The number of nitrogens with one attached hydrogen (secondary N) is 1. The number of amides is 2. The summed E-state index contributed by atoms with van der Waals surface area (Å²) in [5, 5.41) is 2.74. The smallest absolute Gasteiger partial charge is 0.339 e. The van der Waals surface area contributed by atoms with Crippen molar-refractivity contribution in [3.63, 3.8) is 0 Å². The van der Waals surface area contributed by atoms with Crippen LogP contribution in [0.4, 0.5) is 10.1 Å². The normalized spacial score (nSPS) is 21.2. The Balaban J connectivity index is 1.31. The summed E-state index contributed by atoms with van der Waals surface area (Å²) in [5.41, 5.74) is 0.621. The number of benzene rings is 2. The van der Waals surface area contributed by atoms with E-state index in [0.717, 1.165) is 5.56 Å². The number of ether oxygens (including phenoxy) is 1. The van der Waals surface area contributed by atoms with E-state index in [2.05, 4.69) is 5.32 Å². The van der Waals surface area contributed by atoms with E-state index in [1.54, 1.807) is 24.0 Å². The molecule has 1 N–H and O–H groups in total. The first kappa shape index (κ1) is 21.0. The topological polar surface area (TPSA) is 79.0 Å². The monoisotopic (exact) mass is 425 g/mol. The van der Waals surface area contributed by atoms with Gasteiger partial charge in [0.1, 0.15) is 5.82 Å². The number of cyclic esters (lactones) is 1. The minimum absolute atomic E-state index is 0.180. The summed E-state index contributed by atoms with van der Waals surface area (Å²) in [7, 11) is 0. The number of piperazine rings is 1. The molecule has 4 rings (SSSR count). The van der Waals surface area contributed by atoms with Gasteiger partial charge in [-0.2, -0.15) is 0 Å². The summed E-state index contributed by atoms with van der Waals surface area (Å²) in [4.78, 5) is 41.4. The van der Waals surface area contributed by atoms with Crippen molar-refractivity contribution in [2.75, 3.05) is 38.0 Å². The average molecular weight is 425 g/mol. The van der Waals surface area contributed by atoms with Crippen molar-refractivity contribution in [1.29, 1.82) is 0 Å². The summed E-state index contributed by atoms with van der Waals surface area (Å²) >= 11 is 0. The molecule has 0 aromatic heterocycles. The highest BCUT2D eigenvalue weighted by atomic mass is 19.1. The first-order valence-electron chi connectivity index (χ1n) is 10.2. The molecular formula is C23H24FN3O4. The molecule has 1 fully saturated rings. The summed E-state index contributed by atoms with van der Waals surface area (Å²) in [5.74, 6) is -1.25. The lowest BCUT2D eigenvalue weighted by Gasteiger charge is -2.40. The fourth-order valence-electron chi connectivity index (χ4n) is 4.03. The maximum atomic E-state index is 13.1. The van der Waals surface area contributed by atoms with Crippen LogP contribution in [-0.2, 0) is 20.7 Å². The lowest BCUT2D eigenvalue weighted by atomic mass is 9.88. The van der Waals surface area contributed by atoms with Crippen molar-refractivity contribution in [2.45, 2.75) is 18.9 Å². The maximum Gasteiger partial charge on any atom is 0.339 e. The fourth-order valence-corrected chi connectivity index (χ4v) is 4.03. The Bertz CT molecular complexity index is 1000. The molecule has 8 heteroatoms. The zero-order chi connectivity index (χ0) is 22.0. The zero-order valence-corrected chi connectivity index (χ0v) is 17.3. The van der Waals surface area contributed by atoms with Crippen molar-refractivity contribution in [3.8, 4) is 0 Å². The molecular weight excluding hydrogens is 401 g/mol. The number of esters is 1. The van der Waals surface area contributed by atoms with Gasteiger partial charge in [0.25, 0.3) is 5.91 Å². The Labute approximate surface area is 179 Å². The van der Waals surface area contributed by atoms with E-state index in [1.807, 2.05) is 17.0 Å². The maximum absolute atomic E-state index is 13.1. The van der Waals surface area contributed by atoms with Crippen LogP contribution >= 0.6 is 0 Å². The highest BCUT2D eigenvalue weighted by Crippen LogP contribution is 2.30. The van der Waals surface area contributed by atoms with Crippen LogP contribution in [0.15, 0.2) is 48.5 Å². The number of rotatable bonds is 4. The Kier molecular flexibility index (Phi) is 5.73. The molecule has 2 aliphatic rings. The predicted molar refractivity (Wildman–Crippen MR) is 112 cm³/mol. The number of nitrogens with zero attached hydrogens (tertiary/aromatic N) is 2. The highest BCUT2D eigenvalue weighted by molar-refractivity contribution is 5.97. The van der Waals surface area contributed by atoms with Crippen molar-refractivity contribution >= 4 is 23.5 Å². The van der Waals surface area contributed by atoms with E-state index < -0.39 is 11.6 Å². The number of hydrogen-bond donors (Lipinski definition) is 1. The molecule has 1 saturated heterocycles. The van der Waals surface area contributed by atoms with E-state index >= 15 is 0 Å². The van der Waals surface area contributed by atoms with Gasteiger partial charge in [-0.25, -0.2) is 9.18 Å². The number of hydrogen-bond acceptors (Lipinski definition) is 5. The molecule has 162 valence electrons. The fraction of sp³-hybridized carbons (Fsp3) is 0.348. The van der Waals surface area contributed by atoms with Gasteiger partial charge in [-0.3, -0.25) is 14.5 Å². The molecule has 2 aromatic carbocycles. The number of fused-ring (bicyclic) bond motifs is 1. The van der Waals surface area contributed by atoms with Crippen LogP contribution in [0.5, 0.6) is 0 Å². The second kappa shape index (κ2) is 8.47. The molecule has 2 aromatic rings. The number of carbonyl (C=O) groups excluding carboxylic acids is 3. The molecule has 2 aliphatic heterocycles. The molecule has 0 aliphatic carbocycles. The lowest BCUT2D eigenvalue weighted by Crippen LogP contribution is -2.58. The molecule has 0 radical (unpaired) electrons. The Morgan fingerprint density at radius 1 is 1.06 bits per heavy atom. The summed E-state index contributed by atoms with van der Waals surface area (Å²) in [6.07, 6.45) is 0.341. The number of carbonyl (C=O) groups is 3. The van der Waals surface area contributed by atoms with Crippen LogP contribution in [0, 0.1) is 5.82 Å². The third-order valence-electron chi connectivity index (χ3n) is 5.69.